The Morgan fingerprint density at radius 3 is 2.76 bits per heavy atom. The Hall–Kier alpha value is -2.18. The van der Waals surface area contributed by atoms with Crippen molar-refractivity contribution in [1.82, 2.24) is 9.62 Å². The first kappa shape index (κ1) is 17.6. The van der Waals surface area contributed by atoms with Crippen molar-refractivity contribution >= 4 is 26.7 Å². The minimum absolute atomic E-state index is 0.00188. The van der Waals surface area contributed by atoms with E-state index in [1.54, 1.807) is 0 Å². The van der Waals surface area contributed by atoms with Gasteiger partial charge in [-0.15, -0.1) is 0 Å². The van der Waals surface area contributed by atoms with E-state index in [0.29, 0.717) is 25.2 Å². The van der Waals surface area contributed by atoms with E-state index in [-0.39, 0.29) is 11.8 Å². The monoisotopic (exact) mass is 358 g/mol. The van der Waals surface area contributed by atoms with Crippen LogP contribution in [-0.4, -0.2) is 38.9 Å². The highest BCUT2D eigenvalue weighted by molar-refractivity contribution is 7.92. The number of hydrogen-bond donors (Lipinski definition) is 1. The molecule has 1 fully saturated rings. The number of fused-ring (bicyclic) bond motifs is 1. The van der Waals surface area contributed by atoms with E-state index < -0.39 is 10.0 Å². The van der Waals surface area contributed by atoms with Gasteiger partial charge < -0.3 is 4.90 Å². The van der Waals surface area contributed by atoms with Crippen LogP contribution in [0.3, 0.4) is 0 Å². The number of likely N-dealkylation sites (tertiary alicyclic amines) is 1. The topological polar surface area (TPSA) is 66.5 Å². The predicted octanol–water partition coefficient (Wildman–Crippen LogP) is 2.75. The number of nitrogens with one attached hydrogen (secondary N) is 1. The van der Waals surface area contributed by atoms with E-state index in [1.807, 2.05) is 47.4 Å². The van der Waals surface area contributed by atoms with Gasteiger partial charge in [0.2, 0.25) is 10.0 Å². The van der Waals surface area contributed by atoms with Crippen LogP contribution >= 0.6 is 0 Å². The van der Waals surface area contributed by atoms with Crippen molar-refractivity contribution in [3.63, 3.8) is 0 Å². The fourth-order valence-corrected chi connectivity index (χ4v) is 3.80. The summed E-state index contributed by atoms with van der Waals surface area (Å²) in [6.07, 6.45) is 1.78. The van der Waals surface area contributed by atoms with Crippen molar-refractivity contribution in [2.75, 3.05) is 19.6 Å². The minimum Gasteiger partial charge on any atom is -0.338 e. The van der Waals surface area contributed by atoms with Gasteiger partial charge in [0.1, 0.15) is 0 Å². The van der Waals surface area contributed by atoms with Crippen molar-refractivity contribution in [3.8, 4) is 0 Å². The normalized spacial score (nSPS) is 18.2. The number of sulfonamides is 1. The highest BCUT2D eigenvalue weighted by Crippen LogP contribution is 2.21. The van der Waals surface area contributed by atoms with Gasteiger partial charge in [0.25, 0.3) is 5.91 Å². The Morgan fingerprint density at radius 2 is 2.00 bits per heavy atom. The first-order valence-electron chi connectivity index (χ1n) is 8.39. The summed E-state index contributed by atoms with van der Waals surface area (Å²) in [6, 6.07) is 13.7. The summed E-state index contributed by atoms with van der Waals surface area (Å²) in [6.45, 7) is 4.88. The number of nitrogens with zero attached hydrogens (tertiary/aromatic N) is 1. The molecule has 0 bridgehead atoms. The number of hydrogen-bond acceptors (Lipinski definition) is 3. The molecular formula is C19H22N2O3S. The van der Waals surface area contributed by atoms with Crippen molar-refractivity contribution in [3.05, 3.63) is 60.0 Å². The summed E-state index contributed by atoms with van der Waals surface area (Å²) in [5.41, 5.74) is 0.672. The molecule has 0 aliphatic carbocycles. The second kappa shape index (κ2) is 7.37. The molecule has 1 N–H and O–H groups in total. The molecule has 0 spiro atoms. The van der Waals surface area contributed by atoms with Crippen molar-refractivity contribution in [1.29, 1.82) is 0 Å². The Morgan fingerprint density at radius 1 is 1.24 bits per heavy atom. The van der Waals surface area contributed by atoms with Crippen molar-refractivity contribution < 1.29 is 13.2 Å². The molecular weight excluding hydrogens is 336 g/mol. The molecule has 0 unspecified atom stereocenters. The lowest BCUT2D eigenvalue weighted by atomic mass is 9.97. The van der Waals surface area contributed by atoms with Gasteiger partial charge in [0, 0.05) is 30.6 Å². The Balaban J connectivity index is 1.69. The molecule has 2 aromatic carbocycles. The number of carbonyl (C=O) groups excluding carboxylic acids is 1. The van der Waals surface area contributed by atoms with E-state index in [4.69, 9.17) is 0 Å². The number of carbonyl (C=O) groups is 1. The average molecular weight is 358 g/mol. The Kier molecular flexibility index (Phi) is 5.20. The molecule has 6 heteroatoms. The van der Waals surface area contributed by atoms with Crippen LogP contribution in [0.15, 0.2) is 54.5 Å². The van der Waals surface area contributed by atoms with Crippen LogP contribution in [0.4, 0.5) is 0 Å². The molecule has 1 heterocycles. The molecule has 2 aromatic rings. The van der Waals surface area contributed by atoms with E-state index in [1.165, 1.54) is 0 Å². The van der Waals surface area contributed by atoms with Gasteiger partial charge in [-0.1, -0.05) is 36.9 Å². The summed E-state index contributed by atoms with van der Waals surface area (Å²) < 4.78 is 25.5. The maximum atomic E-state index is 12.8. The second-order valence-corrected chi connectivity index (χ2v) is 8.09. The largest absolute Gasteiger partial charge is 0.338 e. The molecule has 5 nitrogen and oxygen atoms in total. The fourth-order valence-electron chi connectivity index (χ4n) is 3.21. The van der Waals surface area contributed by atoms with Crippen LogP contribution in [0.2, 0.25) is 0 Å². The number of rotatable bonds is 5. The van der Waals surface area contributed by atoms with E-state index in [0.717, 1.165) is 29.0 Å². The standard InChI is InChI=1S/C19H22N2O3S/c1-2-25(23,24)20-13-15-6-5-11-21(14-15)19(22)18-10-9-16-7-3-4-8-17(16)12-18/h2-4,7-10,12,15,20H,1,5-6,11,13-14H2/t15-/m1/s1. The number of piperidine rings is 1. The van der Waals surface area contributed by atoms with Crippen LogP contribution in [0, 0.1) is 5.92 Å². The van der Waals surface area contributed by atoms with Crippen LogP contribution in [0.5, 0.6) is 0 Å². The smallest absolute Gasteiger partial charge is 0.253 e. The van der Waals surface area contributed by atoms with Gasteiger partial charge in [-0.05, 0) is 41.7 Å². The molecule has 0 aromatic heterocycles. The summed E-state index contributed by atoms with van der Waals surface area (Å²) in [7, 11) is -3.42. The van der Waals surface area contributed by atoms with Crippen LogP contribution < -0.4 is 4.72 Å². The van der Waals surface area contributed by atoms with Crippen LogP contribution in [0.25, 0.3) is 10.8 Å². The zero-order valence-corrected chi connectivity index (χ0v) is 14.8. The quantitative estimate of drug-likeness (QED) is 0.894. The lowest BCUT2D eigenvalue weighted by molar-refractivity contribution is 0.0676. The highest BCUT2D eigenvalue weighted by Gasteiger charge is 2.25. The van der Waals surface area contributed by atoms with Crippen LogP contribution in [-0.2, 0) is 10.0 Å². The number of amides is 1. The lowest BCUT2D eigenvalue weighted by Gasteiger charge is -2.33. The third kappa shape index (κ3) is 4.27. The van der Waals surface area contributed by atoms with E-state index in [2.05, 4.69) is 11.3 Å². The fraction of sp³-hybridized carbons (Fsp3) is 0.316. The van der Waals surface area contributed by atoms with Gasteiger partial charge in [0.05, 0.1) is 0 Å². The first-order chi connectivity index (χ1) is 12.0. The third-order valence-corrected chi connectivity index (χ3v) is 5.60. The molecule has 1 atom stereocenters. The SMILES string of the molecule is C=CS(=O)(=O)NC[C@H]1CCCN(C(=O)c2ccc3ccccc3c2)C1. The number of benzene rings is 2. The summed E-state index contributed by atoms with van der Waals surface area (Å²) in [5.74, 6) is 0.120. The second-order valence-electron chi connectivity index (χ2n) is 6.38. The molecule has 0 radical (unpaired) electrons. The predicted molar refractivity (Wildman–Crippen MR) is 99.7 cm³/mol. The summed E-state index contributed by atoms with van der Waals surface area (Å²) >= 11 is 0. The molecule has 1 amide bonds. The van der Waals surface area contributed by atoms with Gasteiger partial charge >= 0.3 is 0 Å². The van der Waals surface area contributed by atoms with E-state index in [9.17, 15) is 13.2 Å². The minimum atomic E-state index is -3.42. The molecule has 0 saturated carbocycles. The van der Waals surface area contributed by atoms with Crippen LogP contribution in [0.1, 0.15) is 23.2 Å². The van der Waals surface area contributed by atoms with Gasteiger partial charge in [0.15, 0.2) is 0 Å². The van der Waals surface area contributed by atoms with Crippen molar-refractivity contribution in [2.45, 2.75) is 12.8 Å². The average Bonchev–Trinajstić information content (AvgIpc) is 2.66. The van der Waals surface area contributed by atoms with Gasteiger partial charge in [-0.3, -0.25) is 4.79 Å². The molecule has 1 aliphatic rings. The maximum Gasteiger partial charge on any atom is 0.253 e. The molecule has 25 heavy (non-hydrogen) atoms. The zero-order chi connectivity index (χ0) is 17.9. The van der Waals surface area contributed by atoms with Gasteiger partial charge in [-0.2, -0.15) is 0 Å². The molecule has 1 saturated heterocycles. The first-order valence-corrected chi connectivity index (χ1v) is 9.93. The molecule has 1 aliphatic heterocycles. The highest BCUT2D eigenvalue weighted by atomic mass is 32.2. The van der Waals surface area contributed by atoms with E-state index >= 15 is 0 Å². The Bertz CT molecular complexity index is 892. The molecule has 3 rings (SSSR count). The summed E-state index contributed by atoms with van der Waals surface area (Å²) in [5, 5.41) is 3.06. The Labute approximate surface area is 148 Å². The zero-order valence-electron chi connectivity index (χ0n) is 14.0. The third-order valence-electron chi connectivity index (χ3n) is 4.60. The lowest BCUT2D eigenvalue weighted by Crippen LogP contribution is -2.43. The van der Waals surface area contributed by atoms with Crippen molar-refractivity contribution in [2.24, 2.45) is 5.92 Å². The maximum absolute atomic E-state index is 12.8. The van der Waals surface area contributed by atoms with Gasteiger partial charge in [-0.25, -0.2) is 13.1 Å². The summed E-state index contributed by atoms with van der Waals surface area (Å²) in [4.78, 5) is 14.6. The molecule has 132 valence electrons.